The fraction of sp³-hybridized carbons (Fsp3) is 1.00. The molecule has 14 heavy (non-hydrogen) atoms. The van der Waals surface area contributed by atoms with Crippen molar-refractivity contribution in [2.75, 3.05) is 0 Å². The molecule has 0 aromatic carbocycles. The van der Waals surface area contributed by atoms with E-state index in [-0.39, 0.29) is 6.04 Å². The van der Waals surface area contributed by atoms with Gasteiger partial charge in [0.15, 0.2) is 6.29 Å². The lowest BCUT2D eigenvalue weighted by molar-refractivity contribution is -0.0476. The van der Waals surface area contributed by atoms with Crippen LogP contribution >= 0.6 is 0 Å². The summed E-state index contributed by atoms with van der Waals surface area (Å²) in [5.74, 6) is 0.787. The maximum absolute atomic E-state index is 8.71. The van der Waals surface area contributed by atoms with Gasteiger partial charge in [-0.2, -0.15) is 0 Å². The van der Waals surface area contributed by atoms with E-state index < -0.39 is 6.29 Å². The summed E-state index contributed by atoms with van der Waals surface area (Å²) in [6, 6.07) is 0.153. The van der Waals surface area contributed by atoms with E-state index in [2.05, 4.69) is 0 Å². The van der Waals surface area contributed by atoms with Gasteiger partial charge in [0.25, 0.3) is 0 Å². The van der Waals surface area contributed by atoms with Crippen LogP contribution in [0.25, 0.3) is 0 Å². The largest absolute Gasteiger partial charge is 0.368 e. The number of aliphatic hydroxyl groups excluding tert-OH is 1. The summed E-state index contributed by atoms with van der Waals surface area (Å²) in [5.41, 5.74) is 5.93. The molecule has 3 nitrogen and oxygen atoms in total. The number of hydrogen-bond donors (Lipinski definition) is 3. The second-order valence-corrected chi connectivity index (χ2v) is 4.56. The first-order chi connectivity index (χ1) is 6.68. The molecule has 84 valence electrons. The fourth-order valence-electron chi connectivity index (χ4n) is 2.33. The van der Waals surface area contributed by atoms with Gasteiger partial charge in [-0.05, 0) is 25.2 Å². The topological polar surface area (TPSA) is 66.5 Å². The van der Waals surface area contributed by atoms with E-state index >= 15 is 0 Å². The van der Waals surface area contributed by atoms with Crippen LogP contribution < -0.4 is 5.73 Å². The molecule has 0 amide bonds. The highest BCUT2D eigenvalue weighted by molar-refractivity contribution is 4.72. The summed E-state index contributed by atoms with van der Waals surface area (Å²) < 4.78 is 0. The third kappa shape index (κ3) is 4.94. The van der Waals surface area contributed by atoms with Gasteiger partial charge in [0.1, 0.15) is 0 Å². The van der Waals surface area contributed by atoms with E-state index in [1.807, 2.05) is 0 Å². The van der Waals surface area contributed by atoms with Crippen molar-refractivity contribution in [3.05, 3.63) is 0 Å². The zero-order chi connectivity index (χ0) is 10.4. The molecule has 1 atom stereocenters. The molecule has 0 aromatic heterocycles. The molecule has 1 unspecified atom stereocenters. The van der Waals surface area contributed by atoms with Gasteiger partial charge in [-0.25, -0.2) is 0 Å². The first-order valence-corrected chi connectivity index (χ1v) is 5.80. The zero-order valence-corrected chi connectivity index (χ0v) is 8.86. The number of hydrogen-bond acceptors (Lipinski definition) is 3. The van der Waals surface area contributed by atoms with Gasteiger partial charge < -0.3 is 15.9 Å². The number of aliphatic hydroxyl groups is 2. The van der Waals surface area contributed by atoms with Gasteiger partial charge in [-0.1, -0.05) is 32.1 Å². The highest BCUT2D eigenvalue weighted by atomic mass is 16.5. The fourth-order valence-corrected chi connectivity index (χ4v) is 2.33. The molecule has 4 N–H and O–H groups in total. The van der Waals surface area contributed by atoms with Gasteiger partial charge in [-0.3, -0.25) is 0 Å². The molecule has 0 aromatic rings. The molecule has 0 heterocycles. The Bertz CT molecular complexity index is 144. The molecule has 1 saturated carbocycles. The SMILES string of the molecule is NC(CCC(O)O)CC1CCCCC1. The predicted molar refractivity (Wildman–Crippen MR) is 56.6 cm³/mol. The quantitative estimate of drug-likeness (QED) is 0.589. The van der Waals surface area contributed by atoms with E-state index in [9.17, 15) is 0 Å². The summed E-state index contributed by atoms with van der Waals surface area (Å²) >= 11 is 0. The van der Waals surface area contributed by atoms with E-state index in [0.29, 0.717) is 6.42 Å². The average molecular weight is 201 g/mol. The second-order valence-electron chi connectivity index (χ2n) is 4.56. The molecular formula is C11H23NO2. The monoisotopic (exact) mass is 201 g/mol. The van der Waals surface area contributed by atoms with E-state index in [1.165, 1.54) is 32.1 Å². The summed E-state index contributed by atoms with van der Waals surface area (Å²) in [6.45, 7) is 0. The van der Waals surface area contributed by atoms with Gasteiger partial charge >= 0.3 is 0 Å². The molecule has 1 rings (SSSR count). The molecule has 0 spiro atoms. The van der Waals surface area contributed by atoms with Crippen molar-refractivity contribution >= 4 is 0 Å². The minimum Gasteiger partial charge on any atom is -0.368 e. The Labute approximate surface area is 86.3 Å². The van der Waals surface area contributed by atoms with Crippen LogP contribution in [0.1, 0.15) is 51.4 Å². The Morgan fingerprint density at radius 1 is 1.07 bits per heavy atom. The highest BCUT2D eigenvalue weighted by Crippen LogP contribution is 2.27. The van der Waals surface area contributed by atoms with Crippen molar-refractivity contribution in [2.45, 2.75) is 63.7 Å². The van der Waals surface area contributed by atoms with E-state index in [4.69, 9.17) is 15.9 Å². The van der Waals surface area contributed by atoms with Crippen LogP contribution in [-0.4, -0.2) is 22.5 Å². The maximum atomic E-state index is 8.71. The molecule has 0 aliphatic heterocycles. The van der Waals surface area contributed by atoms with Crippen LogP contribution in [0.15, 0.2) is 0 Å². The summed E-state index contributed by atoms with van der Waals surface area (Å²) in [5, 5.41) is 17.4. The Balaban J connectivity index is 2.09. The van der Waals surface area contributed by atoms with Crippen molar-refractivity contribution in [3.8, 4) is 0 Å². The predicted octanol–water partition coefficient (Wildman–Crippen LogP) is 1.37. The van der Waals surface area contributed by atoms with Crippen molar-refractivity contribution < 1.29 is 10.2 Å². The average Bonchev–Trinajstić information content (AvgIpc) is 2.16. The third-order valence-electron chi connectivity index (χ3n) is 3.16. The van der Waals surface area contributed by atoms with Gasteiger partial charge in [0.05, 0.1) is 0 Å². The lowest BCUT2D eigenvalue weighted by Crippen LogP contribution is -2.26. The maximum Gasteiger partial charge on any atom is 0.151 e. The van der Waals surface area contributed by atoms with Crippen LogP contribution in [-0.2, 0) is 0 Å². The molecule has 3 heteroatoms. The van der Waals surface area contributed by atoms with Crippen molar-refractivity contribution in [1.29, 1.82) is 0 Å². The third-order valence-corrected chi connectivity index (χ3v) is 3.16. The zero-order valence-electron chi connectivity index (χ0n) is 8.86. The minimum atomic E-state index is -1.19. The van der Waals surface area contributed by atoms with Crippen molar-refractivity contribution in [3.63, 3.8) is 0 Å². The van der Waals surface area contributed by atoms with Crippen LogP contribution in [0.3, 0.4) is 0 Å². The molecule has 0 radical (unpaired) electrons. The Kier molecular flexibility index (Phi) is 5.45. The number of nitrogens with two attached hydrogens (primary N) is 1. The molecule has 0 saturated heterocycles. The lowest BCUT2D eigenvalue weighted by atomic mass is 9.84. The Morgan fingerprint density at radius 3 is 2.29 bits per heavy atom. The van der Waals surface area contributed by atoms with Crippen LogP contribution in [0, 0.1) is 5.92 Å². The van der Waals surface area contributed by atoms with Crippen LogP contribution in [0.4, 0.5) is 0 Å². The Morgan fingerprint density at radius 2 is 1.71 bits per heavy atom. The first-order valence-electron chi connectivity index (χ1n) is 5.80. The first kappa shape index (κ1) is 12.0. The van der Waals surface area contributed by atoms with Gasteiger partial charge in [-0.15, -0.1) is 0 Å². The minimum absolute atomic E-state index is 0.153. The molecule has 0 bridgehead atoms. The molecular weight excluding hydrogens is 178 g/mol. The summed E-state index contributed by atoms with van der Waals surface area (Å²) in [7, 11) is 0. The van der Waals surface area contributed by atoms with Gasteiger partial charge in [0, 0.05) is 6.04 Å². The molecule has 1 aliphatic carbocycles. The van der Waals surface area contributed by atoms with Crippen molar-refractivity contribution in [1.82, 2.24) is 0 Å². The van der Waals surface area contributed by atoms with Gasteiger partial charge in [0.2, 0.25) is 0 Å². The lowest BCUT2D eigenvalue weighted by Gasteiger charge is -2.24. The smallest absolute Gasteiger partial charge is 0.151 e. The standard InChI is InChI=1S/C11H23NO2/c12-10(6-7-11(13)14)8-9-4-2-1-3-5-9/h9-11,13-14H,1-8,12H2. The van der Waals surface area contributed by atoms with E-state index in [0.717, 1.165) is 18.8 Å². The van der Waals surface area contributed by atoms with Crippen LogP contribution in [0.5, 0.6) is 0 Å². The summed E-state index contributed by atoms with van der Waals surface area (Å²) in [6.07, 6.45) is 7.72. The number of rotatable bonds is 5. The normalized spacial score (nSPS) is 21.4. The summed E-state index contributed by atoms with van der Waals surface area (Å²) in [4.78, 5) is 0. The second kappa shape index (κ2) is 6.38. The Hall–Kier alpha value is -0.120. The highest BCUT2D eigenvalue weighted by Gasteiger charge is 2.16. The molecule has 1 aliphatic rings. The van der Waals surface area contributed by atoms with Crippen molar-refractivity contribution in [2.24, 2.45) is 11.7 Å². The van der Waals surface area contributed by atoms with E-state index in [1.54, 1.807) is 0 Å². The van der Waals surface area contributed by atoms with Crippen LogP contribution in [0.2, 0.25) is 0 Å². The molecule has 1 fully saturated rings.